The molecule has 2 N–H and O–H groups in total. The Morgan fingerprint density at radius 1 is 1.08 bits per heavy atom. The smallest absolute Gasteiger partial charge is 0.253 e. The summed E-state index contributed by atoms with van der Waals surface area (Å²) in [4.78, 5) is 16.3. The van der Waals surface area contributed by atoms with Gasteiger partial charge in [0.1, 0.15) is 6.33 Å². The van der Waals surface area contributed by atoms with Gasteiger partial charge in [0.05, 0.1) is 24.4 Å². The summed E-state index contributed by atoms with van der Waals surface area (Å²) in [6.45, 7) is 0.404. The zero-order valence-corrected chi connectivity index (χ0v) is 21.8. The molecule has 0 radical (unpaired) electrons. The van der Waals surface area contributed by atoms with Crippen molar-refractivity contribution in [2.45, 2.75) is 43.2 Å². The van der Waals surface area contributed by atoms with Crippen LogP contribution in [0, 0.1) is 0 Å². The third kappa shape index (κ3) is 6.46. The quantitative estimate of drug-likeness (QED) is 0.312. The van der Waals surface area contributed by atoms with E-state index in [4.69, 9.17) is 9.47 Å². The SMILES string of the molecule is Cn1cnnc1SC[C@@H]1C[C@H](c2ccc(CO)cc2)O[C@H](c2ccc(CNC(=O)c3cccnc3)cc2)O1. The number of ether oxygens (including phenoxy) is 2. The van der Waals surface area contributed by atoms with Crippen LogP contribution in [0.25, 0.3) is 0 Å². The van der Waals surface area contributed by atoms with Crippen LogP contribution in [-0.2, 0) is 29.7 Å². The number of aromatic nitrogens is 4. The minimum absolute atomic E-state index is 0.00352. The minimum atomic E-state index is -0.546. The first-order valence-corrected chi connectivity index (χ1v) is 13.3. The summed E-state index contributed by atoms with van der Waals surface area (Å²) in [5, 5.41) is 21.3. The number of nitrogens with one attached hydrogen (secondary N) is 1. The predicted molar refractivity (Wildman–Crippen MR) is 142 cm³/mol. The fourth-order valence-electron chi connectivity index (χ4n) is 4.17. The van der Waals surface area contributed by atoms with Crippen molar-refractivity contribution in [2.24, 2.45) is 7.05 Å². The molecular formula is C28H29N5O4S. The molecule has 0 unspecified atom stereocenters. The molecular weight excluding hydrogens is 502 g/mol. The maximum Gasteiger partial charge on any atom is 0.253 e. The van der Waals surface area contributed by atoms with Gasteiger partial charge >= 0.3 is 0 Å². The van der Waals surface area contributed by atoms with Gasteiger partial charge in [-0.05, 0) is 28.8 Å². The largest absolute Gasteiger partial charge is 0.392 e. The van der Waals surface area contributed by atoms with Crippen molar-refractivity contribution in [3.8, 4) is 0 Å². The molecule has 0 bridgehead atoms. The monoisotopic (exact) mass is 531 g/mol. The highest BCUT2D eigenvalue weighted by atomic mass is 32.2. The van der Waals surface area contributed by atoms with E-state index in [2.05, 4.69) is 20.5 Å². The summed E-state index contributed by atoms with van der Waals surface area (Å²) in [6.07, 6.45) is 4.78. The first-order chi connectivity index (χ1) is 18.6. The Morgan fingerprint density at radius 3 is 2.53 bits per heavy atom. The molecule has 0 saturated carbocycles. The van der Waals surface area contributed by atoms with E-state index in [9.17, 15) is 9.90 Å². The maximum atomic E-state index is 12.3. The van der Waals surface area contributed by atoms with Gasteiger partial charge in [0.25, 0.3) is 5.91 Å². The molecule has 0 aliphatic carbocycles. The number of aliphatic hydroxyl groups is 1. The number of thioether (sulfide) groups is 1. The number of carbonyl (C=O) groups is 1. The molecule has 196 valence electrons. The number of pyridine rings is 1. The molecule has 1 aliphatic heterocycles. The Balaban J connectivity index is 1.27. The summed E-state index contributed by atoms with van der Waals surface area (Å²) in [5.74, 6) is 0.537. The Morgan fingerprint density at radius 2 is 1.84 bits per heavy atom. The van der Waals surface area contributed by atoms with Crippen LogP contribution < -0.4 is 5.32 Å². The maximum absolute atomic E-state index is 12.3. The zero-order chi connectivity index (χ0) is 26.3. The number of rotatable bonds is 9. The third-order valence-corrected chi connectivity index (χ3v) is 7.48. The predicted octanol–water partition coefficient (Wildman–Crippen LogP) is 3.97. The molecule has 2 aromatic carbocycles. The third-order valence-electron chi connectivity index (χ3n) is 6.31. The first-order valence-electron chi connectivity index (χ1n) is 12.3. The molecule has 10 heteroatoms. The molecule has 1 fully saturated rings. The van der Waals surface area contributed by atoms with E-state index in [1.807, 2.05) is 60.1 Å². The topological polar surface area (TPSA) is 111 Å². The van der Waals surface area contributed by atoms with Crippen molar-refractivity contribution in [1.29, 1.82) is 0 Å². The molecule has 5 rings (SSSR count). The lowest BCUT2D eigenvalue weighted by Crippen LogP contribution is -2.31. The van der Waals surface area contributed by atoms with Crippen LogP contribution in [0.2, 0.25) is 0 Å². The Kier molecular flexibility index (Phi) is 8.44. The second-order valence-corrected chi connectivity index (χ2v) is 10.0. The Bertz CT molecular complexity index is 1330. The molecule has 9 nitrogen and oxygen atoms in total. The highest BCUT2D eigenvalue weighted by Gasteiger charge is 2.32. The Hall–Kier alpha value is -3.57. The molecule has 0 spiro atoms. The van der Waals surface area contributed by atoms with Gasteiger partial charge < -0.3 is 24.5 Å². The average Bonchev–Trinajstić information content (AvgIpc) is 3.39. The van der Waals surface area contributed by atoms with Crippen LogP contribution >= 0.6 is 11.8 Å². The highest BCUT2D eigenvalue weighted by Crippen LogP contribution is 2.39. The van der Waals surface area contributed by atoms with Crippen LogP contribution in [0.5, 0.6) is 0 Å². The number of hydrogen-bond acceptors (Lipinski definition) is 8. The lowest BCUT2D eigenvalue weighted by molar-refractivity contribution is -0.245. The molecule has 3 heterocycles. The molecule has 1 saturated heterocycles. The molecule has 4 aromatic rings. The van der Waals surface area contributed by atoms with Gasteiger partial charge in [-0.15, -0.1) is 10.2 Å². The lowest BCUT2D eigenvalue weighted by Gasteiger charge is -2.36. The summed E-state index contributed by atoms with van der Waals surface area (Å²) in [5.41, 5.74) is 4.29. The van der Waals surface area contributed by atoms with Gasteiger partial charge in [-0.25, -0.2) is 0 Å². The van der Waals surface area contributed by atoms with Gasteiger partial charge in [-0.3, -0.25) is 9.78 Å². The number of aryl methyl sites for hydroxylation is 1. The van der Waals surface area contributed by atoms with Crippen LogP contribution in [0.4, 0.5) is 0 Å². The van der Waals surface area contributed by atoms with Crippen LogP contribution in [0.3, 0.4) is 0 Å². The van der Waals surface area contributed by atoms with E-state index >= 15 is 0 Å². The molecule has 38 heavy (non-hydrogen) atoms. The molecule has 1 amide bonds. The first kappa shape index (κ1) is 26.1. The van der Waals surface area contributed by atoms with Crippen molar-refractivity contribution < 1.29 is 19.4 Å². The number of nitrogens with zero attached hydrogens (tertiary/aromatic N) is 4. The van der Waals surface area contributed by atoms with Gasteiger partial charge in [-0.1, -0.05) is 60.3 Å². The second-order valence-electron chi connectivity index (χ2n) is 9.05. The number of benzene rings is 2. The van der Waals surface area contributed by atoms with E-state index in [0.29, 0.717) is 24.3 Å². The lowest BCUT2D eigenvalue weighted by atomic mass is 10.0. The van der Waals surface area contributed by atoms with Crippen molar-refractivity contribution in [3.05, 3.63) is 107 Å². The number of carbonyl (C=O) groups excluding carboxylic acids is 1. The van der Waals surface area contributed by atoms with Gasteiger partial charge in [-0.2, -0.15) is 0 Å². The van der Waals surface area contributed by atoms with Crippen LogP contribution in [0.1, 0.15) is 51.4 Å². The van der Waals surface area contributed by atoms with Crippen molar-refractivity contribution in [3.63, 3.8) is 0 Å². The standard InChI is InChI=1S/C28H29N5O4S/c1-33-18-31-32-28(33)38-17-24-13-25(21-8-6-20(16-34)7-9-21)37-27(36-24)22-10-4-19(5-11-22)14-30-26(35)23-3-2-12-29-15-23/h2-12,15,18,24-25,27,34H,13-14,16-17H2,1H3,(H,30,35)/t24-,25+,27+/m0/s1. The number of aliphatic hydroxyl groups excluding tert-OH is 1. The van der Waals surface area contributed by atoms with E-state index < -0.39 is 6.29 Å². The van der Waals surface area contributed by atoms with Crippen LogP contribution in [0.15, 0.2) is 84.5 Å². The van der Waals surface area contributed by atoms with Gasteiger partial charge in [0.15, 0.2) is 11.4 Å². The average molecular weight is 532 g/mol. The van der Waals surface area contributed by atoms with E-state index in [1.54, 1.807) is 42.6 Å². The Labute approximate surface area is 225 Å². The molecule has 1 aliphatic rings. The van der Waals surface area contributed by atoms with Crippen molar-refractivity contribution in [1.82, 2.24) is 25.1 Å². The minimum Gasteiger partial charge on any atom is -0.392 e. The van der Waals surface area contributed by atoms with E-state index in [1.165, 1.54) is 0 Å². The van der Waals surface area contributed by atoms with Crippen molar-refractivity contribution in [2.75, 3.05) is 5.75 Å². The van der Waals surface area contributed by atoms with Crippen molar-refractivity contribution >= 4 is 17.7 Å². The summed E-state index contributed by atoms with van der Waals surface area (Å²) < 4.78 is 14.7. The number of hydrogen-bond donors (Lipinski definition) is 2. The summed E-state index contributed by atoms with van der Waals surface area (Å²) >= 11 is 1.60. The fourth-order valence-corrected chi connectivity index (χ4v) is 5.07. The molecule has 2 aromatic heterocycles. The fraction of sp³-hybridized carbons (Fsp3) is 0.286. The number of amides is 1. The second kappa shape index (κ2) is 12.3. The van der Waals surface area contributed by atoms with Crippen LogP contribution in [-0.4, -0.2) is 42.6 Å². The van der Waals surface area contributed by atoms with E-state index in [0.717, 1.165) is 27.4 Å². The zero-order valence-electron chi connectivity index (χ0n) is 20.9. The van der Waals surface area contributed by atoms with Gasteiger partial charge in [0, 0.05) is 43.7 Å². The molecule has 3 atom stereocenters. The normalized spacial score (nSPS) is 19.3. The summed E-state index contributed by atoms with van der Waals surface area (Å²) in [7, 11) is 1.92. The summed E-state index contributed by atoms with van der Waals surface area (Å²) in [6, 6.07) is 19.2. The highest BCUT2D eigenvalue weighted by molar-refractivity contribution is 7.99. The van der Waals surface area contributed by atoms with Gasteiger partial charge in [0.2, 0.25) is 0 Å². The van der Waals surface area contributed by atoms with E-state index in [-0.39, 0.29) is 24.7 Å².